The molecule has 1 amide bonds. The Labute approximate surface area is 219 Å². The number of carbonyl (C=O) groups is 1. The van der Waals surface area contributed by atoms with Crippen molar-refractivity contribution in [2.24, 2.45) is 15.9 Å². The Bertz CT molecular complexity index is 1160. The van der Waals surface area contributed by atoms with Crippen molar-refractivity contribution >= 4 is 41.0 Å². The molecule has 1 aromatic rings. The molecule has 200 valence electrons. The van der Waals surface area contributed by atoms with Gasteiger partial charge in [-0.1, -0.05) is 17.7 Å². The molecule has 4 rings (SSSR count). The third-order valence-corrected chi connectivity index (χ3v) is 6.55. The zero-order chi connectivity index (χ0) is 27.0. The lowest BCUT2D eigenvalue weighted by molar-refractivity contribution is -0.137. The van der Waals surface area contributed by atoms with Gasteiger partial charge in [0.1, 0.15) is 5.60 Å². The summed E-state index contributed by atoms with van der Waals surface area (Å²) < 4.78 is 47.9. The summed E-state index contributed by atoms with van der Waals surface area (Å²) in [5.74, 6) is -0.542. The van der Waals surface area contributed by atoms with E-state index in [-0.39, 0.29) is 50.2 Å². The van der Waals surface area contributed by atoms with Crippen LogP contribution < -0.4 is 4.90 Å². The van der Waals surface area contributed by atoms with Gasteiger partial charge in [0.05, 0.1) is 35.5 Å². The molecule has 0 bridgehead atoms. The zero-order valence-corrected chi connectivity index (χ0v) is 21.7. The lowest BCUT2D eigenvalue weighted by Gasteiger charge is -2.37. The van der Waals surface area contributed by atoms with Crippen molar-refractivity contribution in [3.05, 3.63) is 46.5 Å². The molecule has 0 spiro atoms. The maximum Gasteiger partial charge on any atom is 0.418 e. The number of benzene rings is 1. The van der Waals surface area contributed by atoms with Crippen molar-refractivity contribution < 1.29 is 27.8 Å². The number of anilines is 1. The normalized spacial score (nSPS) is 23.5. The van der Waals surface area contributed by atoms with Gasteiger partial charge in [-0.25, -0.2) is 4.79 Å². The number of aliphatic imine (C=N–C) groups is 2. The molecular formula is C26H30ClF3N4O3. The van der Waals surface area contributed by atoms with Gasteiger partial charge in [-0.05, 0) is 51.5 Å². The molecule has 37 heavy (non-hydrogen) atoms. The van der Waals surface area contributed by atoms with Crippen LogP contribution in [0.2, 0.25) is 0 Å². The van der Waals surface area contributed by atoms with Gasteiger partial charge >= 0.3 is 12.3 Å². The maximum absolute atomic E-state index is 14.2. The largest absolute Gasteiger partial charge is 0.444 e. The number of alkyl halides is 3. The maximum atomic E-state index is 14.2. The van der Waals surface area contributed by atoms with Crippen LogP contribution >= 0.6 is 11.6 Å². The fraction of sp³-hybridized carbons (Fsp3) is 0.500. The number of hydrogen-bond acceptors (Lipinski definition) is 6. The molecule has 0 radical (unpaired) electrons. The van der Waals surface area contributed by atoms with Gasteiger partial charge in [0.2, 0.25) is 0 Å². The van der Waals surface area contributed by atoms with Crippen molar-refractivity contribution in [1.29, 1.82) is 0 Å². The van der Waals surface area contributed by atoms with Crippen LogP contribution in [0.15, 0.2) is 50.9 Å². The lowest BCUT2D eigenvalue weighted by Crippen LogP contribution is -2.50. The van der Waals surface area contributed by atoms with Gasteiger partial charge in [0.15, 0.2) is 0 Å². The zero-order valence-electron chi connectivity index (χ0n) is 20.9. The van der Waals surface area contributed by atoms with E-state index >= 15 is 0 Å². The molecule has 11 heteroatoms. The summed E-state index contributed by atoms with van der Waals surface area (Å²) in [6.45, 7) is 5.98. The Morgan fingerprint density at radius 1 is 1.22 bits per heavy atom. The number of rotatable bonds is 3. The van der Waals surface area contributed by atoms with E-state index in [2.05, 4.69) is 9.98 Å². The number of piperazine rings is 1. The molecule has 2 unspecified atom stereocenters. The molecule has 1 fully saturated rings. The molecule has 2 aliphatic heterocycles. The van der Waals surface area contributed by atoms with E-state index in [1.54, 1.807) is 38.0 Å². The second-order valence-electron chi connectivity index (χ2n) is 10.2. The van der Waals surface area contributed by atoms with E-state index in [0.717, 1.165) is 6.07 Å². The highest BCUT2D eigenvalue weighted by Crippen LogP contribution is 2.40. The number of amides is 1. The second-order valence-corrected chi connectivity index (χ2v) is 10.6. The van der Waals surface area contributed by atoms with Gasteiger partial charge < -0.3 is 19.6 Å². The predicted molar refractivity (Wildman–Crippen MR) is 138 cm³/mol. The molecular weight excluding hydrogens is 509 g/mol. The monoisotopic (exact) mass is 538 g/mol. The number of carbonyl (C=O) groups excluding carboxylic acids is 1. The van der Waals surface area contributed by atoms with Crippen LogP contribution in [0, 0.1) is 5.92 Å². The van der Waals surface area contributed by atoms with E-state index in [1.165, 1.54) is 17.0 Å². The molecule has 1 N–H and O–H groups in total. The topological polar surface area (TPSA) is 77.7 Å². The molecule has 1 aromatic carbocycles. The number of ether oxygens (including phenoxy) is 1. The van der Waals surface area contributed by atoms with Gasteiger partial charge in [-0.2, -0.15) is 13.2 Å². The highest BCUT2D eigenvalue weighted by Gasteiger charge is 2.37. The van der Waals surface area contributed by atoms with Crippen molar-refractivity contribution in [2.45, 2.75) is 45.0 Å². The van der Waals surface area contributed by atoms with Crippen molar-refractivity contribution in [2.75, 3.05) is 37.7 Å². The highest BCUT2D eigenvalue weighted by molar-refractivity contribution is 6.32. The molecule has 2 atom stereocenters. The minimum absolute atomic E-state index is 0.0324. The van der Waals surface area contributed by atoms with E-state index < -0.39 is 29.4 Å². The van der Waals surface area contributed by atoms with Crippen molar-refractivity contribution in [3.8, 4) is 0 Å². The average molecular weight is 539 g/mol. The van der Waals surface area contributed by atoms with Crippen LogP contribution in [0.25, 0.3) is 0 Å². The SMILES string of the molecule is CC(C)(C)OC(=O)N1CCN(c2ccc(N=C3C4=CC(Cl)=CCC4N=CC3CO)cc2C(F)(F)F)CC1. The highest BCUT2D eigenvalue weighted by atomic mass is 35.5. The van der Waals surface area contributed by atoms with Gasteiger partial charge in [0, 0.05) is 48.7 Å². The molecule has 7 nitrogen and oxygen atoms in total. The second kappa shape index (κ2) is 10.5. The minimum atomic E-state index is -4.61. The first-order valence-corrected chi connectivity index (χ1v) is 12.5. The Hall–Kier alpha value is -2.85. The summed E-state index contributed by atoms with van der Waals surface area (Å²) in [6.07, 6.45) is 0.586. The predicted octanol–water partition coefficient (Wildman–Crippen LogP) is 5.35. The molecule has 3 aliphatic rings. The first-order chi connectivity index (χ1) is 17.4. The summed E-state index contributed by atoms with van der Waals surface area (Å²) in [5, 5.41) is 10.4. The fourth-order valence-corrected chi connectivity index (χ4v) is 4.71. The summed E-state index contributed by atoms with van der Waals surface area (Å²) >= 11 is 6.18. The lowest BCUT2D eigenvalue weighted by atomic mass is 9.86. The van der Waals surface area contributed by atoms with Gasteiger partial charge in [-0.15, -0.1) is 0 Å². The van der Waals surface area contributed by atoms with E-state index in [9.17, 15) is 23.1 Å². The Kier molecular flexibility index (Phi) is 7.71. The quantitative estimate of drug-likeness (QED) is 0.563. The average Bonchev–Trinajstić information content (AvgIpc) is 2.83. The first kappa shape index (κ1) is 27.2. The first-order valence-electron chi connectivity index (χ1n) is 12.1. The molecule has 0 aromatic heterocycles. The number of allylic oxidation sites excluding steroid dienone is 2. The minimum Gasteiger partial charge on any atom is -0.444 e. The third-order valence-electron chi connectivity index (χ3n) is 6.29. The number of hydrogen-bond donors (Lipinski definition) is 1. The summed E-state index contributed by atoms with van der Waals surface area (Å²) in [7, 11) is 0. The Morgan fingerprint density at radius 2 is 1.92 bits per heavy atom. The molecule has 2 heterocycles. The van der Waals surface area contributed by atoms with E-state index in [4.69, 9.17) is 16.3 Å². The van der Waals surface area contributed by atoms with Crippen molar-refractivity contribution in [1.82, 2.24) is 4.90 Å². The summed E-state index contributed by atoms with van der Waals surface area (Å²) in [5.41, 5.74) is -0.144. The Morgan fingerprint density at radius 3 is 2.54 bits per heavy atom. The standard InChI is InChI=1S/C26H30ClF3N4O3/c1-25(2,3)37-24(36)34-10-8-33(9-11-34)22-7-5-18(13-20(22)26(28,29)30)32-23-16(15-35)14-31-21-6-4-17(27)12-19(21)23/h4-5,7,12-14,16,21,35H,6,8-11,15H2,1-3H3. The van der Waals surface area contributed by atoms with Crippen LogP contribution in [0.1, 0.15) is 32.8 Å². The van der Waals surface area contributed by atoms with E-state index in [0.29, 0.717) is 22.7 Å². The van der Waals surface area contributed by atoms with E-state index in [1.807, 2.05) is 6.08 Å². The van der Waals surface area contributed by atoms with Crippen molar-refractivity contribution in [3.63, 3.8) is 0 Å². The fourth-order valence-electron chi connectivity index (χ4n) is 4.51. The summed E-state index contributed by atoms with van der Waals surface area (Å²) in [4.78, 5) is 24.4. The van der Waals surface area contributed by atoms with Crippen LogP contribution in [-0.4, -0.2) is 72.5 Å². The molecule has 0 saturated carbocycles. The van der Waals surface area contributed by atoms with Crippen LogP contribution in [0.3, 0.4) is 0 Å². The number of nitrogens with zero attached hydrogens (tertiary/aromatic N) is 4. The van der Waals surface area contributed by atoms with Gasteiger partial charge in [-0.3, -0.25) is 9.98 Å². The van der Waals surface area contributed by atoms with Crippen LogP contribution in [0.5, 0.6) is 0 Å². The molecule has 1 aliphatic carbocycles. The Balaban J connectivity index is 1.61. The van der Waals surface area contributed by atoms with Crippen LogP contribution in [-0.2, 0) is 10.9 Å². The number of aliphatic hydroxyl groups is 1. The number of fused-ring (bicyclic) bond motifs is 1. The number of halogens is 4. The summed E-state index contributed by atoms with van der Waals surface area (Å²) in [6, 6.07) is 3.74. The number of aliphatic hydroxyl groups excluding tert-OH is 1. The van der Waals surface area contributed by atoms with Gasteiger partial charge in [0.25, 0.3) is 0 Å². The third kappa shape index (κ3) is 6.35. The van der Waals surface area contributed by atoms with Crippen LogP contribution in [0.4, 0.5) is 29.3 Å². The molecule has 1 saturated heterocycles. The smallest absolute Gasteiger partial charge is 0.418 e.